The number of carboxylic acids is 4. The lowest BCUT2D eigenvalue weighted by atomic mass is 10.1. The standard InChI is InChI=1S/C8H9NO3.C6H13N3O3.C5H11NO2.C2HF3O2/c1-12-7-4-5(9)2-3-6(7)8(10)11;7-4(5(10)11)2-1-3-9-6(8)12;1-3(2)4(6)5(7)8;3-2(4,5)1(6)7/h2-4H,9H2,1H3,(H,10,11);4H,1-3,7H2,(H,10,11)(H3,8,9,12);3-4H,6H2,1-2H3,(H,7,8);(H,6,7)/t;2*4-;/m.00./s1. The molecule has 0 bridgehead atoms. The Balaban J connectivity index is -0.000000455. The highest BCUT2D eigenvalue weighted by molar-refractivity contribution is 5.91. The summed E-state index contributed by atoms with van der Waals surface area (Å²) >= 11 is 0. The van der Waals surface area contributed by atoms with Gasteiger partial charge in [0.2, 0.25) is 0 Å². The summed E-state index contributed by atoms with van der Waals surface area (Å²) in [6.07, 6.45) is -4.24. The summed E-state index contributed by atoms with van der Waals surface area (Å²) in [6, 6.07) is 2.22. The number of primary amides is 1. The van der Waals surface area contributed by atoms with Crippen molar-refractivity contribution in [2.24, 2.45) is 23.1 Å². The predicted octanol–water partition coefficient (Wildman–Crippen LogP) is 0.510. The average Bonchev–Trinajstić information content (AvgIpc) is 2.81. The first-order chi connectivity index (χ1) is 17.7. The molecule has 13 N–H and O–H groups in total. The number of carbonyl (C=O) groups is 5. The van der Waals surface area contributed by atoms with E-state index in [0.717, 1.165) is 0 Å². The Bertz CT molecular complexity index is 945. The molecule has 0 unspecified atom stereocenters. The van der Waals surface area contributed by atoms with Crippen molar-refractivity contribution in [1.29, 1.82) is 0 Å². The minimum absolute atomic E-state index is 0.0208. The molecule has 0 heterocycles. The summed E-state index contributed by atoms with van der Waals surface area (Å²) < 4.78 is 36.6. The molecule has 0 saturated heterocycles. The molecule has 2 atom stereocenters. The van der Waals surface area contributed by atoms with Gasteiger partial charge in [-0.3, -0.25) is 9.59 Å². The molecule has 224 valence electrons. The summed E-state index contributed by atoms with van der Waals surface area (Å²) in [5.74, 6) is -5.44. The molecule has 1 aromatic rings. The lowest BCUT2D eigenvalue weighted by Crippen LogP contribution is -2.34. The SMILES string of the molecule is CC(C)[C@H](N)C(=O)O.COc1cc(N)ccc1C(=O)O.NC(=O)NCCC[C@H](N)C(=O)O.O=C(O)C(F)(F)F. The van der Waals surface area contributed by atoms with Crippen LogP contribution in [0.3, 0.4) is 0 Å². The summed E-state index contributed by atoms with van der Waals surface area (Å²) in [5, 5.41) is 34.7. The van der Waals surface area contributed by atoms with Gasteiger partial charge in [0.1, 0.15) is 23.4 Å². The van der Waals surface area contributed by atoms with E-state index in [2.05, 4.69) is 5.32 Å². The first kappa shape index (κ1) is 39.2. The predicted molar refractivity (Wildman–Crippen MR) is 131 cm³/mol. The van der Waals surface area contributed by atoms with Gasteiger partial charge >= 0.3 is 36.1 Å². The van der Waals surface area contributed by atoms with E-state index < -0.39 is 48.2 Å². The number of urea groups is 1. The third-order valence-corrected chi connectivity index (χ3v) is 4.01. The number of carbonyl (C=O) groups excluding carboxylic acids is 1. The number of hydrogen-bond acceptors (Lipinski definition) is 9. The Hall–Kier alpha value is -4.32. The third kappa shape index (κ3) is 21.5. The minimum atomic E-state index is -5.08. The van der Waals surface area contributed by atoms with E-state index in [1.54, 1.807) is 13.8 Å². The highest BCUT2D eigenvalue weighted by Gasteiger charge is 2.38. The van der Waals surface area contributed by atoms with Crippen molar-refractivity contribution in [1.82, 2.24) is 5.32 Å². The molecule has 0 aromatic heterocycles. The number of carboxylic acid groups (broad SMARTS) is 4. The van der Waals surface area contributed by atoms with E-state index in [0.29, 0.717) is 25.1 Å². The maximum absolute atomic E-state index is 10.6. The number of rotatable bonds is 9. The molecule has 2 amide bonds. The zero-order chi connectivity index (χ0) is 31.5. The van der Waals surface area contributed by atoms with Crippen LogP contribution in [0.15, 0.2) is 18.2 Å². The van der Waals surface area contributed by atoms with Gasteiger partial charge in [0.25, 0.3) is 0 Å². The van der Waals surface area contributed by atoms with Crippen LogP contribution in [-0.2, 0) is 14.4 Å². The number of benzene rings is 1. The molecule has 1 aromatic carbocycles. The summed E-state index contributed by atoms with van der Waals surface area (Å²) in [5.41, 5.74) is 21.2. The van der Waals surface area contributed by atoms with Gasteiger partial charge in [0.05, 0.1) is 7.11 Å². The van der Waals surface area contributed by atoms with Crippen LogP contribution in [-0.4, -0.2) is 82.2 Å². The average molecular weight is 574 g/mol. The number of alkyl halides is 3. The Morgan fingerprint density at radius 1 is 1.00 bits per heavy atom. The lowest BCUT2D eigenvalue weighted by Gasteiger charge is -2.07. The Morgan fingerprint density at radius 3 is 1.77 bits per heavy atom. The van der Waals surface area contributed by atoms with Crippen LogP contribution >= 0.6 is 0 Å². The van der Waals surface area contributed by atoms with E-state index in [-0.39, 0.29) is 17.2 Å². The van der Waals surface area contributed by atoms with Gasteiger partial charge in [-0.2, -0.15) is 13.2 Å². The summed E-state index contributed by atoms with van der Waals surface area (Å²) in [4.78, 5) is 49.8. The zero-order valence-corrected chi connectivity index (χ0v) is 21.3. The molecule has 0 aliphatic rings. The summed E-state index contributed by atoms with van der Waals surface area (Å²) in [7, 11) is 1.40. The number of amides is 2. The molecular formula is C21H34F3N5O10. The van der Waals surface area contributed by atoms with Crippen LogP contribution in [0, 0.1) is 5.92 Å². The number of hydrogen-bond donors (Lipinski definition) is 9. The number of nitrogens with one attached hydrogen (secondary N) is 1. The fourth-order valence-corrected chi connectivity index (χ4v) is 1.83. The van der Waals surface area contributed by atoms with E-state index in [4.69, 9.17) is 52.9 Å². The minimum Gasteiger partial charge on any atom is -0.496 e. The molecule has 0 fully saturated rings. The van der Waals surface area contributed by atoms with Crippen LogP contribution in [0.5, 0.6) is 5.75 Å². The van der Waals surface area contributed by atoms with Crippen LogP contribution in [0.2, 0.25) is 0 Å². The maximum atomic E-state index is 10.6. The van der Waals surface area contributed by atoms with Gasteiger partial charge < -0.3 is 53.4 Å². The van der Waals surface area contributed by atoms with Crippen LogP contribution < -0.4 is 33.0 Å². The second-order valence-electron chi connectivity index (χ2n) is 7.55. The number of nitrogen functional groups attached to an aromatic ring is 1. The van der Waals surface area contributed by atoms with Crippen molar-refractivity contribution in [3.8, 4) is 5.75 Å². The molecule has 1 rings (SSSR count). The molecule has 0 aliphatic heterocycles. The molecule has 0 radical (unpaired) electrons. The number of halogens is 3. The Labute approximate surface area is 220 Å². The van der Waals surface area contributed by atoms with Crippen molar-refractivity contribution in [3.05, 3.63) is 23.8 Å². The number of anilines is 1. The first-order valence-electron chi connectivity index (χ1n) is 10.7. The number of aromatic carboxylic acids is 1. The topological polar surface area (TPSA) is 292 Å². The van der Waals surface area contributed by atoms with Gasteiger partial charge in [-0.1, -0.05) is 13.8 Å². The Kier molecular flexibility index (Phi) is 19.8. The van der Waals surface area contributed by atoms with Crippen LogP contribution in [0.25, 0.3) is 0 Å². The number of ether oxygens (including phenoxy) is 1. The maximum Gasteiger partial charge on any atom is 0.490 e. The van der Waals surface area contributed by atoms with E-state index in [1.165, 1.54) is 25.3 Å². The quantitative estimate of drug-likeness (QED) is 0.144. The normalized spacial score (nSPS) is 11.5. The Morgan fingerprint density at radius 2 is 1.49 bits per heavy atom. The molecule has 39 heavy (non-hydrogen) atoms. The second-order valence-corrected chi connectivity index (χ2v) is 7.55. The fourth-order valence-electron chi connectivity index (χ4n) is 1.83. The number of aliphatic carboxylic acids is 3. The van der Waals surface area contributed by atoms with Gasteiger partial charge in [0, 0.05) is 18.3 Å². The number of nitrogens with two attached hydrogens (primary N) is 4. The number of methoxy groups -OCH3 is 1. The molecule has 0 aliphatic carbocycles. The van der Waals surface area contributed by atoms with E-state index >= 15 is 0 Å². The van der Waals surface area contributed by atoms with Crippen molar-refractivity contribution >= 4 is 35.6 Å². The monoisotopic (exact) mass is 573 g/mol. The van der Waals surface area contributed by atoms with Crippen molar-refractivity contribution < 1.29 is 62.3 Å². The van der Waals surface area contributed by atoms with E-state index in [1.807, 2.05) is 0 Å². The largest absolute Gasteiger partial charge is 0.496 e. The van der Waals surface area contributed by atoms with Crippen molar-refractivity contribution in [2.45, 2.75) is 44.9 Å². The second kappa shape index (κ2) is 19.7. The van der Waals surface area contributed by atoms with Crippen LogP contribution in [0.4, 0.5) is 23.7 Å². The molecule has 0 saturated carbocycles. The smallest absolute Gasteiger partial charge is 0.490 e. The highest BCUT2D eigenvalue weighted by Crippen LogP contribution is 2.20. The van der Waals surface area contributed by atoms with Gasteiger partial charge in [-0.15, -0.1) is 0 Å². The zero-order valence-electron chi connectivity index (χ0n) is 21.3. The van der Waals surface area contributed by atoms with Gasteiger partial charge in [-0.05, 0) is 30.9 Å². The molecule has 18 heteroatoms. The fraction of sp³-hybridized carbons (Fsp3) is 0.476. The molecular weight excluding hydrogens is 539 g/mol. The third-order valence-electron chi connectivity index (χ3n) is 4.01. The van der Waals surface area contributed by atoms with E-state index in [9.17, 15) is 32.3 Å². The molecule has 15 nitrogen and oxygen atoms in total. The van der Waals surface area contributed by atoms with Gasteiger partial charge in [0.15, 0.2) is 0 Å². The van der Waals surface area contributed by atoms with Crippen molar-refractivity contribution in [2.75, 3.05) is 19.4 Å². The van der Waals surface area contributed by atoms with Crippen molar-refractivity contribution in [3.63, 3.8) is 0 Å². The summed E-state index contributed by atoms with van der Waals surface area (Å²) in [6.45, 7) is 3.91. The lowest BCUT2D eigenvalue weighted by molar-refractivity contribution is -0.192. The first-order valence-corrected chi connectivity index (χ1v) is 10.7. The van der Waals surface area contributed by atoms with Gasteiger partial charge in [-0.25, -0.2) is 14.4 Å². The van der Waals surface area contributed by atoms with Crippen LogP contribution in [0.1, 0.15) is 37.0 Å². The molecule has 0 spiro atoms. The highest BCUT2D eigenvalue weighted by atomic mass is 19.4.